The Morgan fingerprint density at radius 2 is 2.00 bits per heavy atom. The summed E-state index contributed by atoms with van der Waals surface area (Å²) in [7, 11) is 0. The summed E-state index contributed by atoms with van der Waals surface area (Å²) in [6.07, 6.45) is 0. The molecular formula is C8H11FN4O3. The van der Waals surface area contributed by atoms with E-state index in [9.17, 15) is 4.48 Å². The third-order valence-corrected chi connectivity index (χ3v) is 1.42. The van der Waals surface area contributed by atoms with Gasteiger partial charge in [-0.15, -0.1) is 10.1 Å². The normalized spacial score (nSPS) is 10.0. The largest absolute Gasteiger partial charge is 0.367 e. The van der Waals surface area contributed by atoms with Crippen LogP contribution < -0.4 is 11.1 Å². The van der Waals surface area contributed by atoms with Crippen LogP contribution in [0.15, 0.2) is 29.5 Å². The first-order valence-electron chi connectivity index (χ1n) is 4.07. The van der Waals surface area contributed by atoms with Gasteiger partial charge in [0, 0.05) is 5.69 Å². The van der Waals surface area contributed by atoms with Crippen LogP contribution in [0.2, 0.25) is 0 Å². The van der Waals surface area contributed by atoms with Crippen molar-refractivity contribution in [2.24, 2.45) is 10.9 Å². The minimum Gasteiger partial charge on any atom is -0.367 e. The average Bonchev–Trinajstić information content (AvgIpc) is 2.20. The molecule has 0 fully saturated rings. The number of nitrogens with zero attached hydrogens (tertiary/aromatic N) is 2. The summed E-state index contributed by atoms with van der Waals surface area (Å²) >= 11 is 0. The van der Waals surface area contributed by atoms with Crippen LogP contribution in [0, 0.1) is 17.0 Å². The van der Waals surface area contributed by atoms with E-state index in [1.165, 1.54) is 0 Å². The van der Waals surface area contributed by atoms with Crippen LogP contribution in [0.4, 0.5) is 10.2 Å². The van der Waals surface area contributed by atoms with Crippen LogP contribution in [0.3, 0.4) is 0 Å². The predicted octanol–water partition coefficient (Wildman–Crippen LogP) is 1.26. The van der Waals surface area contributed by atoms with Crippen molar-refractivity contribution in [2.75, 3.05) is 5.32 Å². The zero-order chi connectivity index (χ0) is 12.6. The molecule has 0 aliphatic carbocycles. The summed E-state index contributed by atoms with van der Waals surface area (Å²) in [5, 5.41) is 18.5. The van der Waals surface area contributed by atoms with Gasteiger partial charge in [-0.2, -0.15) is 0 Å². The molecule has 88 valence electrons. The first-order valence-corrected chi connectivity index (χ1v) is 4.07. The van der Waals surface area contributed by atoms with Gasteiger partial charge in [0.15, 0.2) is 0 Å². The minimum atomic E-state index is -1.50. The third kappa shape index (κ3) is 7.06. The van der Waals surface area contributed by atoms with Crippen LogP contribution in [-0.2, 0) is 0 Å². The summed E-state index contributed by atoms with van der Waals surface area (Å²) in [5.74, 6) is -0.237. The number of halogens is 1. The van der Waals surface area contributed by atoms with Gasteiger partial charge in [-0.1, -0.05) is 27.4 Å². The van der Waals surface area contributed by atoms with Crippen molar-refractivity contribution in [3.8, 4) is 0 Å². The molecule has 0 aliphatic heterocycles. The van der Waals surface area contributed by atoms with Crippen molar-refractivity contribution in [2.45, 2.75) is 6.92 Å². The van der Waals surface area contributed by atoms with Crippen LogP contribution in [0.5, 0.6) is 0 Å². The number of guanidine groups is 1. The lowest BCUT2D eigenvalue weighted by molar-refractivity contribution is -0.742. The van der Waals surface area contributed by atoms with E-state index in [4.69, 9.17) is 21.1 Å². The van der Waals surface area contributed by atoms with Gasteiger partial charge in [-0.3, -0.25) is 0 Å². The van der Waals surface area contributed by atoms with Gasteiger partial charge in [0.05, 0.1) is 0 Å². The minimum absolute atomic E-state index is 0.237. The Balaban J connectivity index is 0.000000487. The molecule has 1 aromatic rings. The molecule has 0 saturated heterocycles. The summed E-state index contributed by atoms with van der Waals surface area (Å²) < 4.78 is 11.6. The molecule has 0 atom stereocenters. The molecule has 16 heavy (non-hydrogen) atoms. The molecule has 0 bridgehead atoms. The molecule has 4 N–H and O–H groups in total. The van der Waals surface area contributed by atoms with Crippen molar-refractivity contribution >= 4 is 11.6 Å². The quantitative estimate of drug-likeness (QED) is 0.291. The smallest absolute Gasteiger partial charge is 0.291 e. The SMILES string of the molecule is Cc1ccc(NC(N)=NF)cc1.O=[N+]([O-])O. The van der Waals surface area contributed by atoms with Crippen molar-refractivity contribution in [3.63, 3.8) is 0 Å². The van der Waals surface area contributed by atoms with Crippen molar-refractivity contribution < 1.29 is 14.8 Å². The Hall–Kier alpha value is -2.38. The predicted molar refractivity (Wildman–Crippen MR) is 56.3 cm³/mol. The maximum Gasteiger partial charge on any atom is 0.291 e. The van der Waals surface area contributed by atoms with Gasteiger partial charge in [0.25, 0.3) is 5.09 Å². The van der Waals surface area contributed by atoms with E-state index in [1.54, 1.807) is 12.1 Å². The number of rotatable bonds is 1. The molecule has 8 heteroatoms. The fourth-order valence-corrected chi connectivity index (χ4v) is 0.806. The van der Waals surface area contributed by atoms with Crippen LogP contribution in [0.1, 0.15) is 5.56 Å². The Morgan fingerprint density at radius 1 is 1.56 bits per heavy atom. The number of hydrogen-bond acceptors (Lipinski definition) is 3. The topological polar surface area (TPSA) is 114 Å². The summed E-state index contributed by atoms with van der Waals surface area (Å²) in [6, 6.07) is 7.39. The number of benzene rings is 1. The standard InChI is InChI=1S/C8H10FN3.HNO3/c1-6-2-4-7(5-3-6)11-8(10)12-9;2-1(3)4/h2-5H,1H3,(H3,10,11,12);(H,2,3,4). The van der Waals surface area contributed by atoms with Crippen molar-refractivity contribution in [1.29, 1.82) is 0 Å². The summed E-state index contributed by atoms with van der Waals surface area (Å²) in [4.78, 5) is 8.36. The first kappa shape index (κ1) is 13.6. The highest BCUT2D eigenvalue weighted by atomic mass is 19.2. The second-order valence-electron chi connectivity index (χ2n) is 2.70. The van der Waals surface area contributed by atoms with E-state index in [0.29, 0.717) is 0 Å². The fraction of sp³-hybridized carbons (Fsp3) is 0.125. The molecule has 0 saturated carbocycles. The zero-order valence-corrected chi connectivity index (χ0v) is 8.42. The lowest BCUT2D eigenvalue weighted by Crippen LogP contribution is -2.21. The Labute approximate surface area is 90.5 Å². The van der Waals surface area contributed by atoms with Gasteiger partial charge < -0.3 is 16.3 Å². The lowest BCUT2D eigenvalue weighted by Gasteiger charge is -2.02. The fourth-order valence-electron chi connectivity index (χ4n) is 0.806. The molecule has 0 radical (unpaired) electrons. The number of nitrogens with two attached hydrogens (primary N) is 1. The van der Waals surface area contributed by atoms with E-state index in [2.05, 4.69) is 10.5 Å². The van der Waals surface area contributed by atoms with Gasteiger partial charge in [0.2, 0.25) is 5.96 Å². The second-order valence-corrected chi connectivity index (χ2v) is 2.70. The second kappa shape index (κ2) is 6.98. The molecule has 0 spiro atoms. The number of nitrogens with one attached hydrogen (secondary N) is 1. The highest BCUT2D eigenvalue weighted by Gasteiger charge is 1.93. The summed E-state index contributed by atoms with van der Waals surface area (Å²) in [5.41, 5.74) is 6.96. The highest BCUT2D eigenvalue weighted by molar-refractivity contribution is 5.91. The van der Waals surface area contributed by atoms with Gasteiger partial charge >= 0.3 is 0 Å². The van der Waals surface area contributed by atoms with Crippen molar-refractivity contribution in [1.82, 2.24) is 0 Å². The maximum absolute atomic E-state index is 11.6. The van der Waals surface area contributed by atoms with Crippen LogP contribution >= 0.6 is 0 Å². The monoisotopic (exact) mass is 230 g/mol. The molecule has 0 amide bonds. The van der Waals surface area contributed by atoms with Gasteiger partial charge in [-0.05, 0) is 19.1 Å². The van der Waals surface area contributed by atoms with Crippen LogP contribution in [-0.4, -0.2) is 16.3 Å². The highest BCUT2D eigenvalue weighted by Crippen LogP contribution is 2.07. The molecular weight excluding hydrogens is 219 g/mol. The molecule has 1 rings (SSSR count). The first-order chi connectivity index (χ1) is 7.45. The number of hydrogen-bond donors (Lipinski definition) is 3. The molecule has 1 aromatic carbocycles. The molecule has 0 heterocycles. The van der Waals surface area contributed by atoms with Gasteiger partial charge in [0.1, 0.15) is 0 Å². The Bertz CT molecular complexity index is 362. The zero-order valence-electron chi connectivity index (χ0n) is 8.42. The van der Waals surface area contributed by atoms with E-state index in [0.717, 1.165) is 11.3 Å². The van der Waals surface area contributed by atoms with Crippen molar-refractivity contribution in [3.05, 3.63) is 39.9 Å². The Kier molecular flexibility index (Phi) is 5.95. The third-order valence-electron chi connectivity index (χ3n) is 1.42. The number of anilines is 1. The average molecular weight is 230 g/mol. The van der Waals surface area contributed by atoms with Gasteiger partial charge in [-0.25, -0.2) is 0 Å². The van der Waals surface area contributed by atoms with Crippen LogP contribution in [0.25, 0.3) is 0 Å². The van der Waals surface area contributed by atoms with E-state index < -0.39 is 5.09 Å². The maximum atomic E-state index is 11.6. The van der Waals surface area contributed by atoms with E-state index in [1.807, 2.05) is 19.1 Å². The van der Waals surface area contributed by atoms with E-state index >= 15 is 0 Å². The molecule has 0 unspecified atom stereocenters. The molecule has 7 nitrogen and oxygen atoms in total. The lowest BCUT2D eigenvalue weighted by atomic mass is 10.2. The molecule has 0 aromatic heterocycles. The Morgan fingerprint density at radius 3 is 2.38 bits per heavy atom. The number of aryl methyl sites for hydroxylation is 1. The molecule has 0 aliphatic rings. The summed E-state index contributed by atoms with van der Waals surface area (Å²) in [6.45, 7) is 1.97. The van der Waals surface area contributed by atoms with E-state index in [-0.39, 0.29) is 5.96 Å².